The van der Waals surface area contributed by atoms with Crippen LogP contribution in [-0.4, -0.2) is 29.2 Å². The van der Waals surface area contributed by atoms with Gasteiger partial charge < -0.3 is 15.2 Å². The molecule has 1 aromatic carbocycles. The fraction of sp³-hybridized carbons (Fsp3) is 0.333. The Hall–Kier alpha value is -1.59. The van der Waals surface area contributed by atoms with E-state index in [1.54, 1.807) is 24.3 Å². The predicted octanol–water partition coefficient (Wildman–Crippen LogP) is 1.91. The second-order valence-corrected chi connectivity index (χ2v) is 4.46. The van der Waals surface area contributed by atoms with Crippen molar-refractivity contribution < 1.29 is 19.4 Å². The Balaban J connectivity index is 1.93. The topological polar surface area (TPSA) is 75.6 Å². The van der Waals surface area contributed by atoms with Gasteiger partial charge in [-0.15, -0.1) is 0 Å². The third kappa shape index (κ3) is 3.00. The summed E-state index contributed by atoms with van der Waals surface area (Å²) in [5.74, 6) is -1.36. The molecule has 1 aliphatic heterocycles. The lowest BCUT2D eigenvalue weighted by Gasteiger charge is -2.11. The van der Waals surface area contributed by atoms with Crippen LogP contribution in [0.2, 0.25) is 5.02 Å². The molecule has 18 heavy (non-hydrogen) atoms. The lowest BCUT2D eigenvalue weighted by atomic mass is 10.2. The Labute approximate surface area is 109 Å². The molecular formula is C12H12ClNO4. The zero-order chi connectivity index (χ0) is 13.1. The van der Waals surface area contributed by atoms with Gasteiger partial charge in [-0.05, 0) is 37.1 Å². The van der Waals surface area contributed by atoms with E-state index >= 15 is 0 Å². The van der Waals surface area contributed by atoms with Crippen molar-refractivity contribution in [3.63, 3.8) is 0 Å². The molecule has 1 saturated heterocycles. The molecule has 0 aliphatic carbocycles. The van der Waals surface area contributed by atoms with Crippen LogP contribution in [0.3, 0.4) is 0 Å². The molecule has 1 aliphatic rings. The van der Waals surface area contributed by atoms with E-state index in [0.717, 1.165) is 0 Å². The summed E-state index contributed by atoms with van der Waals surface area (Å²) >= 11 is 5.73. The largest absolute Gasteiger partial charge is 0.479 e. The number of nitrogens with one attached hydrogen (secondary N) is 1. The number of carboxylic acids is 1. The van der Waals surface area contributed by atoms with E-state index in [0.29, 0.717) is 23.6 Å². The minimum absolute atomic E-state index is 0.332. The number of carbonyl (C=O) groups excluding carboxylic acids is 1. The Kier molecular flexibility index (Phi) is 3.84. The number of benzene rings is 1. The van der Waals surface area contributed by atoms with Crippen molar-refractivity contribution in [2.75, 3.05) is 5.32 Å². The third-order valence-electron chi connectivity index (χ3n) is 2.70. The number of ether oxygens (including phenoxy) is 1. The molecule has 6 heteroatoms. The van der Waals surface area contributed by atoms with E-state index in [1.807, 2.05) is 0 Å². The van der Waals surface area contributed by atoms with Gasteiger partial charge in [-0.2, -0.15) is 0 Å². The van der Waals surface area contributed by atoms with E-state index in [1.165, 1.54) is 0 Å². The van der Waals surface area contributed by atoms with Gasteiger partial charge in [-0.1, -0.05) is 11.6 Å². The number of anilines is 1. The van der Waals surface area contributed by atoms with Crippen LogP contribution in [0.15, 0.2) is 24.3 Å². The number of amides is 1. The number of carbonyl (C=O) groups is 2. The molecule has 0 radical (unpaired) electrons. The molecular weight excluding hydrogens is 258 g/mol. The van der Waals surface area contributed by atoms with Crippen molar-refractivity contribution in [2.24, 2.45) is 0 Å². The molecule has 1 fully saturated rings. The third-order valence-corrected chi connectivity index (χ3v) is 2.95. The Bertz CT molecular complexity index is 460. The molecule has 2 N–H and O–H groups in total. The second-order valence-electron chi connectivity index (χ2n) is 4.03. The average molecular weight is 270 g/mol. The fourth-order valence-corrected chi connectivity index (χ4v) is 1.89. The average Bonchev–Trinajstić information content (AvgIpc) is 2.81. The van der Waals surface area contributed by atoms with Crippen LogP contribution in [0.4, 0.5) is 5.69 Å². The van der Waals surface area contributed by atoms with E-state index < -0.39 is 18.2 Å². The Morgan fingerprint density at radius 1 is 1.22 bits per heavy atom. The summed E-state index contributed by atoms with van der Waals surface area (Å²) in [6, 6.07) is 6.66. The number of rotatable bonds is 3. The van der Waals surface area contributed by atoms with Crippen molar-refractivity contribution in [1.29, 1.82) is 0 Å². The van der Waals surface area contributed by atoms with Gasteiger partial charge in [0.25, 0.3) is 5.91 Å². The summed E-state index contributed by atoms with van der Waals surface area (Å²) in [6.45, 7) is 0. The lowest BCUT2D eigenvalue weighted by Crippen LogP contribution is -2.29. The molecule has 0 unspecified atom stereocenters. The highest BCUT2D eigenvalue weighted by molar-refractivity contribution is 6.30. The zero-order valence-corrected chi connectivity index (χ0v) is 10.2. The highest BCUT2D eigenvalue weighted by Gasteiger charge is 2.34. The summed E-state index contributed by atoms with van der Waals surface area (Å²) in [7, 11) is 0. The van der Waals surface area contributed by atoms with Crippen LogP contribution in [0.1, 0.15) is 12.8 Å². The minimum Gasteiger partial charge on any atom is -0.479 e. The smallest absolute Gasteiger partial charge is 0.332 e. The summed E-state index contributed by atoms with van der Waals surface area (Å²) in [6.07, 6.45) is -0.822. The number of hydrogen-bond donors (Lipinski definition) is 2. The molecule has 1 aromatic rings. The number of carboxylic acid groups (broad SMARTS) is 1. The summed E-state index contributed by atoms with van der Waals surface area (Å²) in [5, 5.41) is 12.0. The van der Waals surface area contributed by atoms with Gasteiger partial charge in [0, 0.05) is 10.7 Å². The molecule has 2 rings (SSSR count). The monoisotopic (exact) mass is 269 g/mol. The molecule has 0 saturated carbocycles. The van der Waals surface area contributed by atoms with E-state index in [2.05, 4.69) is 5.32 Å². The number of halogens is 1. The molecule has 1 amide bonds. The maximum absolute atomic E-state index is 11.8. The maximum Gasteiger partial charge on any atom is 0.332 e. The second kappa shape index (κ2) is 5.37. The van der Waals surface area contributed by atoms with Crippen molar-refractivity contribution in [3.8, 4) is 0 Å². The highest BCUT2D eigenvalue weighted by atomic mass is 35.5. The summed E-state index contributed by atoms with van der Waals surface area (Å²) in [4.78, 5) is 22.5. The first-order chi connectivity index (χ1) is 8.56. The Morgan fingerprint density at radius 2 is 1.83 bits per heavy atom. The van der Waals surface area contributed by atoms with Crippen LogP contribution in [-0.2, 0) is 14.3 Å². The molecule has 0 aromatic heterocycles. The fourth-order valence-electron chi connectivity index (χ4n) is 1.77. The van der Waals surface area contributed by atoms with E-state index in [-0.39, 0.29) is 5.91 Å². The first kappa shape index (κ1) is 12.9. The molecule has 2 atom stereocenters. The van der Waals surface area contributed by atoms with Gasteiger partial charge in [0.2, 0.25) is 0 Å². The summed E-state index contributed by atoms with van der Waals surface area (Å²) in [5.41, 5.74) is 0.603. The first-order valence-corrected chi connectivity index (χ1v) is 5.89. The van der Waals surface area contributed by atoms with Crippen LogP contribution in [0, 0.1) is 0 Å². The SMILES string of the molecule is O=C(Nc1ccc(Cl)cc1)[C@@H]1CC[C@H](C(=O)O)O1. The van der Waals surface area contributed by atoms with Crippen LogP contribution >= 0.6 is 11.6 Å². The zero-order valence-electron chi connectivity index (χ0n) is 9.43. The predicted molar refractivity (Wildman–Crippen MR) is 65.6 cm³/mol. The lowest BCUT2D eigenvalue weighted by molar-refractivity contribution is -0.150. The van der Waals surface area contributed by atoms with Gasteiger partial charge >= 0.3 is 5.97 Å². The van der Waals surface area contributed by atoms with E-state index in [9.17, 15) is 9.59 Å². The summed E-state index contributed by atoms with van der Waals surface area (Å²) < 4.78 is 5.14. The van der Waals surface area contributed by atoms with Gasteiger partial charge in [0.15, 0.2) is 6.10 Å². The highest BCUT2D eigenvalue weighted by Crippen LogP contribution is 2.21. The maximum atomic E-state index is 11.8. The first-order valence-electron chi connectivity index (χ1n) is 5.51. The standard InChI is InChI=1S/C12H12ClNO4/c13-7-1-3-8(4-2-7)14-11(15)9-5-6-10(18-9)12(16)17/h1-4,9-10H,5-6H2,(H,14,15)(H,16,17)/t9-,10+/m0/s1. The molecule has 1 heterocycles. The normalized spacial score (nSPS) is 22.7. The molecule has 0 bridgehead atoms. The molecule has 5 nitrogen and oxygen atoms in total. The van der Waals surface area contributed by atoms with Crippen molar-refractivity contribution >= 4 is 29.2 Å². The van der Waals surface area contributed by atoms with Crippen molar-refractivity contribution in [1.82, 2.24) is 0 Å². The van der Waals surface area contributed by atoms with Crippen molar-refractivity contribution in [2.45, 2.75) is 25.0 Å². The van der Waals surface area contributed by atoms with Gasteiger partial charge in [-0.25, -0.2) is 4.79 Å². The van der Waals surface area contributed by atoms with Crippen LogP contribution in [0.25, 0.3) is 0 Å². The van der Waals surface area contributed by atoms with Gasteiger partial charge in [0.05, 0.1) is 0 Å². The van der Waals surface area contributed by atoms with Crippen LogP contribution < -0.4 is 5.32 Å². The van der Waals surface area contributed by atoms with Crippen molar-refractivity contribution in [3.05, 3.63) is 29.3 Å². The van der Waals surface area contributed by atoms with Crippen LogP contribution in [0.5, 0.6) is 0 Å². The number of hydrogen-bond acceptors (Lipinski definition) is 3. The minimum atomic E-state index is -1.03. The quantitative estimate of drug-likeness (QED) is 0.879. The number of aliphatic carboxylic acids is 1. The van der Waals surface area contributed by atoms with Gasteiger partial charge in [-0.3, -0.25) is 4.79 Å². The Morgan fingerprint density at radius 3 is 2.39 bits per heavy atom. The molecule has 96 valence electrons. The van der Waals surface area contributed by atoms with Gasteiger partial charge in [0.1, 0.15) is 6.10 Å². The molecule has 0 spiro atoms. The van der Waals surface area contributed by atoms with E-state index in [4.69, 9.17) is 21.4 Å².